The minimum Gasteiger partial charge on any atom is -0.370 e. The lowest BCUT2D eigenvalue weighted by Crippen LogP contribution is -2.29. The van der Waals surface area contributed by atoms with Crippen LogP contribution in [0.1, 0.15) is 6.42 Å². The molecular formula is C6H9N3O. The van der Waals surface area contributed by atoms with Crippen molar-refractivity contribution in [3.63, 3.8) is 0 Å². The first-order chi connectivity index (χ1) is 4.79. The van der Waals surface area contributed by atoms with Gasteiger partial charge in [-0.15, -0.1) is 0 Å². The highest BCUT2D eigenvalue weighted by Gasteiger charge is 2.07. The maximum absolute atomic E-state index is 10.4. The predicted octanol–water partition coefficient (Wildman–Crippen LogP) is -0.624. The van der Waals surface area contributed by atoms with Crippen LogP contribution in [0.3, 0.4) is 0 Å². The first-order valence-corrected chi connectivity index (χ1v) is 3.02. The van der Waals surface area contributed by atoms with Gasteiger partial charge in [0.2, 0.25) is 5.91 Å². The summed E-state index contributed by atoms with van der Waals surface area (Å²) in [5, 5.41) is 2.87. The minimum absolute atomic E-state index is 0.164. The van der Waals surface area contributed by atoms with Crippen LogP contribution in [0.15, 0.2) is 17.3 Å². The van der Waals surface area contributed by atoms with Crippen LogP contribution in [-0.4, -0.2) is 18.3 Å². The van der Waals surface area contributed by atoms with Crippen molar-refractivity contribution in [1.29, 1.82) is 0 Å². The zero-order valence-corrected chi connectivity index (χ0v) is 5.45. The van der Waals surface area contributed by atoms with Gasteiger partial charge in [-0.05, 0) is 12.3 Å². The molecule has 1 rings (SSSR count). The van der Waals surface area contributed by atoms with Crippen LogP contribution in [0.5, 0.6) is 0 Å². The number of carbonyl (C=O) groups excluding carboxylic acids is 1. The number of aliphatic imine (C=N–C) groups is 1. The van der Waals surface area contributed by atoms with Crippen molar-refractivity contribution in [1.82, 2.24) is 5.32 Å². The molecule has 0 aliphatic carbocycles. The second-order valence-corrected chi connectivity index (χ2v) is 2.01. The van der Waals surface area contributed by atoms with E-state index in [1.807, 2.05) is 0 Å². The average molecular weight is 139 g/mol. The summed E-state index contributed by atoms with van der Waals surface area (Å²) in [5.74, 6) is -0.343. The van der Waals surface area contributed by atoms with E-state index in [1.165, 1.54) is 0 Å². The molecule has 0 bridgehead atoms. The van der Waals surface area contributed by atoms with Crippen molar-refractivity contribution in [2.75, 3.05) is 0 Å². The number of rotatable bonds is 2. The Morgan fingerprint density at radius 3 is 3.10 bits per heavy atom. The number of nitrogens with zero attached hydrogens (tertiary/aromatic N) is 1. The number of primary amides is 1. The standard InChI is InChI=1S/C6H9N3O/c7-5(10)4-6-8-2-1-3-9-6/h1-3,6,8H,4H2,(H2,7,10). The molecule has 1 amide bonds. The van der Waals surface area contributed by atoms with E-state index in [9.17, 15) is 4.79 Å². The van der Waals surface area contributed by atoms with Crippen LogP contribution < -0.4 is 11.1 Å². The quantitative estimate of drug-likeness (QED) is 0.535. The zero-order valence-electron chi connectivity index (χ0n) is 5.45. The van der Waals surface area contributed by atoms with E-state index in [4.69, 9.17) is 5.73 Å². The van der Waals surface area contributed by atoms with Crippen molar-refractivity contribution in [3.05, 3.63) is 12.3 Å². The summed E-state index contributed by atoms with van der Waals surface area (Å²) in [4.78, 5) is 14.3. The van der Waals surface area contributed by atoms with Gasteiger partial charge in [0.15, 0.2) is 0 Å². The van der Waals surface area contributed by atoms with Gasteiger partial charge in [-0.1, -0.05) is 0 Å². The molecule has 1 atom stereocenters. The Bertz CT molecular complexity index is 185. The van der Waals surface area contributed by atoms with Crippen LogP contribution in [0.4, 0.5) is 0 Å². The molecule has 0 aromatic rings. The Labute approximate surface area is 58.8 Å². The Kier molecular flexibility index (Phi) is 2.04. The van der Waals surface area contributed by atoms with Crippen LogP contribution in [0, 0.1) is 0 Å². The molecule has 0 fully saturated rings. The first kappa shape index (κ1) is 6.80. The van der Waals surface area contributed by atoms with E-state index >= 15 is 0 Å². The van der Waals surface area contributed by atoms with Gasteiger partial charge in [0.25, 0.3) is 0 Å². The second-order valence-electron chi connectivity index (χ2n) is 2.01. The first-order valence-electron chi connectivity index (χ1n) is 3.02. The zero-order chi connectivity index (χ0) is 7.40. The SMILES string of the molecule is NC(=O)CC1N=CC=CN1. The van der Waals surface area contributed by atoms with Gasteiger partial charge in [0, 0.05) is 6.21 Å². The van der Waals surface area contributed by atoms with E-state index in [2.05, 4.69) is 10.3 Å². The highest BCUT2D eigenvalue weighted by Crippen LogP contribution is 1.95. The molecule has 0 aromatic carbocycles. The second kappa shape index (κ2) is 3.00. The van der Waals surface area contributed by atoms with Crippen LogP contribution in [-0.2, 0) is 4.79 Å². The Balaban J connectivity index is 2.37. The molecule has 0 spiro atoms. The molecule has 4 heteroatoms. The molecule has 1 unspecified atom stereocenters. The predicted molar refractivity (Wildman–Crippen MR) is 38.4 cm³/mol. The smallest absolute Gasteiger partial charge is 0.221 e. The largest absolute Gasteiger partial charge is 0.370 e. The number of hydrogen-bond acceptors (Lipinski definition) is 3. The number of amides is 1. The molecule has 4 nitrogen and oxygen atoms in total. The Morgan fingerprint density at radius 1 is 1.80 bits per heavy atom. The molecule has 0 aromatic heterocycles. The third kappa shape index (κ3) is 1.89. The summed E-state index contributed by atoms with van der Waals surface area (Å²) < 4.78 is 0. The van der Waals surface area contributed by atoms with Gasteiger partial charge in [0.1, 0.15) is 6.17 Å². The van der Waals surface area contributed by atoms with Crippen molar-refractivity contribution >= 4 is 12.1 Å². The lowest BCUT2D eigenvalue weighted by Gasteiger charge is -2.11. The molecule has 1 aliphatic rings. The number of hydrogen-bond donors (Lipinski definition) is 2. The monoisotopic (exact) mass is 139 g/mol. The van der Waals surface area contributed by atoms with E-state index < -0.39 is 0 Å². The number of carbonyl (C=O) groups is 1. The molecular weight excluding hydrogens is 130 g/mol. The lowest BCUT2D eigenvalue weighted by atomic mass is 10.3. The summed E-state index contributed by atoms with van der Waals surface area (Å²) in [6.45, 7) is 0. The van der Waals surface area contributed by atoms with E-state index in [-0.39, 0.29) is 18.5 Å². The van der Waals surface area contributed by atoms with Crippen molar-refractivity contribution < 1.29 is 4.79 Å². The molecule has 0 saturated heterocycles. The summed E-state index contributed by atoms with van der Waals surface area (Å²) in [6, 6.07) is 0. The summed E-state index contributed by atoms with van der Waals surface area (Å²) in [7, 11) is 0. The van der Waals surface area contributed by atoms with Crippen molar-refractivity contribution in [2.24, 2.45) is 10.7 Å². The lowest BCUT2D eigenvalue weighted by molar-refractivity contribution is -0.118. The van der Waals surface area contributed by atoms with Gasteiger partial charge in [0.05, 0.1) is 6.42 Å². The molecule has 1 aliphatic heterocycles. The van der Waals surface area contributed by atoms with Gasteiger partial charge in [-0.3, -0.25) is 9.79 Å². The van der Waals surface area contributed by atoms with Crippen molar-refractivity contribution in [3.8, 4) is 0 Å². The maximum Gasteiger partial charge on any atom is 0.221 e. The van der Waals surface area contributed by atoms with E-state index in [0.29, 0.717) is 0 Å². The maximum atomic E-state index is 10.4. The molecule has 1 heterocycles. The molecule has 54 valence electrons. The minimum atomic E-state index is -0.343. The molecule has 3 N–H and O–H groups in total. The van der Waals surface area contributed by atoms with Crippen molar-refractivity contribution in [2.45, 2.75) is 12.6 Å². The third-order valence-corrected chi connectivity index (χ3v) is 1.13. The summed E-state index contributed by atoms with van der Waals surface area (Å²) in [6.07, 6.45) is 5.23. The Morgan fingerprint density at radius 2 is 2.60 bits per heavy atom. The molecule has 10 heavy (non-hydrogen) atoms. The summed E-state index contributed by atoms with van der Waals surface area (Å²) >= 11 is 0. The highest BCUT2D eigenvalue weighted by atomic mass is 16.1. The van der Waals surface area contributed by atoms with Crippen LogP contribution >= 0.6 is 0 Å². The van der Waals surface area contributed by atoms with Gasteiger partial charge < -0.3 is 11.1 Å². The highest BCUT2D eigenvalue weighted by molar-refractivity contribution is 5.76. The Hall–Kier alpha value is -1.32. The van der Waals surface area contributed by atoms with Gasteiger partial charge in [-0.25, -0.2) is 0 Å². The molecule has 0 radical (unpaired) electrons. The topological polar surface area (TPSA) is 67.5 Å². The average Bonchev–Trinajstić information content (AvgIpc) is 1.88. The number of allylic oxidation sites excluding steroid dienone is 1. The van der Waals surface area contributed by atoms with Crippen LogP contribution in [0.2, 0.25) is 0 Å². The molecule has 0 saturated carbocycles. The number of nitrogens with one attached hydrogen (secondary N) is 1. The van der Waals surface area contributed by atoms with Gasteiger partial charge in [-0.2, -0.15) is 0 Å². The summed E-state index contributed by atoms with van der Waals surface area (Å²) in [5.41, 5.74) is 4.95. The number of nitrogens with two attached hydrogens (primary N) is 1. The van der Waals surface area contributed by atoms with Crippen LogP contribution in [0.25, 0.3) is 0 Å². The van der Waals surface area contributed by atoms with E-state index in [0.717, 1.165) is 0 Å². The fourth-order valence-electron chi connectivity index (χ4n) is 0.708. The normalized spacial score (nSPS) is 22.2. The van der Waals surface area contributed by atoms with E-state index in [1.54, 1.807) is 18.5 Å². The third-order valence-electron chi connectivity index (χ3n) is 1.13. The fraction of sp³-hybridized carbons (Fsp3) is 0.333. The fourth-order valence-corrected chi connectivity index (χ4v) is 0.708. The van der Waals surface area contributed by atoms with Gasteiger partial charge >= 0.3 is 0 Å².